The fraction of sp³-hybridized carbons (Fsp3) is 0.222. The van der Waals surface area contributed by atoms with Crippen molar-refractivity contribution in [1.82, 2.24) is 10.6 Å². The number of imide groups is 1. The Labute approximate surface area is 144 Å². The summed E-state index contributed by atoms with van der Waals surface area (Å²) in [5.41, 5.74) is 1.42. The van der Waals surface area contributed by atoms with E-state index in [4.69, 9.17) is 16.3 Å². The number of ether oxygens (including phenoxy) is 1. The molecule has 0 bridgehead atoms. The molecule has 3 amide bonds. The summed E-state index contributed by atoms with van der Waals surface area (Å²) >= 11 is 6.08. The van der Waals surface area contributed by atoms with Gasteiger partial charge < -0.3 is 10.1 Å². The minimum Gasteiger partial charge on any atom is -0.485 e. The fourth-order valence-corrected chi connectivity index (χ4v) is 3.58. The lowest BCUT2D eigenvalue weighted by Crippen LogP contribution is -2.48. The molecule has 2 unspecified atom stereocenters. The van der Waals surface area contributed by atoms with Gasteiger partial charge in [-0.05, 0) is 36.8 Å². The van der Waals surface area contributed by atoms with E-state index < -0.39 is 11.6 Å². The number of carbonyl (C=O) groups is 2. The molecule has 2 N–H and O–H groups in total. The molecule has 24 heavy (non-hydrogen) atoms. The van der Waals surface area contributed by atoms with Gasteiger partial charge >= 0.3 is 6.03 Å². The van der Waals surface area contributed by atoms with Crippen LogP contribution in [0.5, 0.6) is 5.75 Å². The van der Waals surface area contributed by atoms with E-state index >= 15 is 0 Å². The summed E-state index contributed by atoms with van der Waals surface area (Å²) in [5.74, 6) is 0.240. The van der Waals surface area contributed by atoms with Crippen molar-refractivity contribution in [2.75, 3.05) is 0 Å². The average molecular weight is 343 g/mol. The molecule has 2 atom stereocenters. The lowest BCUT2D eigenvalue weighted by molar-refractivity contribution is -0.126. The number of hydrogen-bond acceptors (Lipinski definition) is 3. The Morgan fingerprint density at radius 1 is 1.21 bits per heavy atom. The van der Waals surface area contributed by atoms with Crippen molar-refractivity contribution < 1.29 is 14.3 Å². The SMILES string of the molecule is Cc1ccc2c(c1)C1(CC(c3cccc(Cl)c3)O2)NC(=O)NC1=O. The molecule has 2 aromatic rings. The maximum Gasteiger partial charge on any atom is 0.322 e. The van der Waals surface area contributed by atoms with Gasteiger partial charge in [-0.1, -0.05) is 35.4 Å². The van der Waals surface area contributed by atoms with E-state index in [1.54, 1.807) is 6.07 Å². The highest BCUT2D eigenvalue weighted by Gasteiger charge is 2.53. The molecule has 0 radical (unpaired) electrons. The van der Waals surface area contributed by atoms with Gasteiger partial charge in [0.25, 0.3) is 5.91 Å². The molecule has 0 aromatic heterocycles. The molecule has 2 aliphatic heterocycles. The van der Waals surface area contributed by atoms with Gasteiger partial charge in [-0.25, -0.2) is 4.79 Å². The smallest absolute Gasteiger partial charge is 0.322 e. The van der Waals surface area contributed by atoms with E-state index in [1.807, 2.05) is 43.3 Å². The number of rotatable bonds is 1. The highest BCUT2D eigenvalue weighted by molar-refractivity contribution is 6.30. The van der Waals surface area contributed by atoms with Crippen molar-refractivity contribution in [2.45, 2.75) is 25.0 Å². The van der Waals surface area contributed by atoms with Crippen molar-refractivity contribution in [3.63, 3.8) is 0 Å². The van der Waals surface area contributed by atoms with Crippen LogP contribution in [0.1, 0.15) is 29.2 Å². The van der Waals surface area contributed by atoms with Crippen LogP contribution in [0.25, 0.3) is 0 Å². The lowest BCUT2D eigenvalue weighted by Gasteiger charge is -2.38. The van der Waals surface area contributed by atoms with Crippen molar-refractivity contribution in [2.24, 2.45) is 0 Å². The largest absolute Gasteiger partial charge is 0.485 e. The molecule has 1 spiro atoms. The molecule has 0 aliphatic carbocycles. The molecule has 1 fully saturated rings. The zero-order valence-electron chi connectivity index (χ0n) is 12.9. The van der Waals surface area contributed by atoms with Crippen molar-refractivity contribution in [3.8, 4) is 5.75 Å². The second-order valence-electron chi connectivity index (χ2n) is 6.18. The summed E-state index contributed by atoms with van der Waals surface area (Å²) in [7, 11) is 0. The summed E-state index contributed by atoms with van der Waals surface area (Å²) in [4.78, 5) is 24.4. The minimum atomic E-state index is -1.12. The number of carbonyl (C=O) groups excluding carboxylic acids is 2. The fourth-order valence-electron chi connectivity index (χ4n) is 3.38. The molecule has 2 heterocycles. The number of nitrogens with one attached hydrogen (secondary N) is 2. The maximum atomic E-state index is 12.6. The molecule has 2 aliphatic rings. The Balaban J connectivity index is 1.86. The molecule has 4 rings (SSSR count). The number of hydrogen-bond donors (Lipinski definition) is 2. The van der Waals surface area contributed by atoms with Gasteiger partial charge in [0.05, 0.1) is 0 Å². The van der Waals surface area contributed by atoms with Crippen LogP contribution >= 0.6 is 11.6 Å². The van der Waals surface area contributed by atoms with Crippen molar-refractivity contribution in [3.05, 3.63) is 64.2 Å². The third-order valence-electron chi connectivity index (χ3n) is 4.52. The van der Waals surface area contributed by atoms with Crippen molar-refractivity contribution >= 4 is 23.5 Å². The lowest BCUT2D eigenvalue weighted by atomic mass is 9.80. The Morgan fingerprint density at radius 3 is 2.75 bits per heavy atom. The molecular weight excluding hydrogens is 328 g/mol. The number of fused-ring (bicyclic) bond motifs is 2. The first kappa shape index (κ1) is 15.0. The van der Waals surface area contributed by atoms with Crippen LogP contribution in [0, 0.1) is 6.92 Å². The highest BCUT2D eigenvalue weighted by atomic mass is 35.5. The Kier molecular flexibility index (Phi) is 3.28. The van der Waals surface area contributed by atoms with E-state index in [2.05, 4.69) is 10.6 Å². The van der Waals surface area contributed by atoms with Gasteiger partial charge in [0, 0.05) is 17.0 Å². The van der Waals surface area contributed by atoms with Gasteiger partial charge in [-0.3, -0.25) is 10.1 Å². The molecule has 2 aromatic carbocycles. The first-order chi connectivity index (χ1) is 11.5. The van der Waals surface area contributed by atoms with E-state index in [1.165, 1.54) is 0 Å². The van der Waals surface area contributed by atoms with Gasteiger partial charge in [-0.2, -0.15) is 0 Å². The van der Waals surface area contributed by atoms with Crippen LogP contribution in [0.3, 0.4) is 0 Å². The van der Waals surface area contributed by atoms with Gasteiger partial charge in [0.1, 0.15) is 11.9 Å². The van der Waals surface area contributed by atoms with E-state index in [0.717, 1.165) is 11.1 Å². The average Bonchev–Trinajstić information content (AvgIpc) is 2.82. The Bertz CT molecular complexity index is 867. The van der Waals surface area contributed by atoms with Crippen LogP contribution in [-0.2, 0) is 10.3 Å². The predicted molar refractivity (Wildman–Crippen MR) is 89.0 cm³/mol. The summed E-state index contributed by atoms with van der Waals surface area (Å²) in [6, 6.07) is 12.5. The summed E-state index contributed by atoms with van der Waals surface area (Å²) in [5, 5.41) is 5.75. The van der Waals surface area contributed by atoms with E-state index in [9.17, 15) is 9.59 Å². The van der Waals surface area contributed by atoms with Crippen LogP contribution in [0.15, 0.2) is 42.5 Å². The molecule has 6 heteroatoms. The second-order valence-corrected chi connectivity index (χ2v) is 6.62. The number of benzene rings is 2. The predicted octanol–water partition coefficient (Wildman–Crippen LogP) is 3.21. The van der Waals surface area contributed by atoms with Crippen LogP contribution in [0.2, 0.25) is 5.02 Å². The quantitative estimate of drug-likeness (QED) is 0.782. The van der Waals surface area contributed by atoms with Gasteiger partial charge in [0.15, 0.2) is 5.54 Å². The van der Waals surface area contributed by atoms with Crippen LogP contribution < -0.4 is 15.4 Å². The number of amides is 3. The zero-order chi connectivity index (χ0) is 16.9. The third kappa shape index (κ3) is 2.24. The second kappa shape index (κ2) is 5.24. The normalized spacial score (nSPS) is 25.0. The Hall–Kier alpha value is -2.53. The molecule has 5 nitrogen and oxygen atoms in total. The van der Waals surface area contributed by atoms with Crippen molar-refractivity contribution in [1.29, 1.82) is 0 Å². The molecule has 1 saturated heterocycles. The van der Waals surface area contributed by atoms with Crippen LogP contribution in [-0.4, -0.2) is 11.9 Å². The number of aryl methyl sites for hydroxylation is 1. The minimum absolute atomic E-state index is 0.307. The molecule has 122 valence electrons. The summed E-state index contributed by atoms with van der Waals surface area (Å²) < 4.78 is 6.11. The molecular formula is C18H15ClN2O3. The number of urea groups is 1. The number of halogens is 1. The monoisotopic (exact) mass is 342 g/mol. The van der Waals surface area contributed by atoms with E-state index in [-0.39, 0.29) is 12.0 Å². The third-order valence-corrected chi connectivity index (χ3v) is 4.75. The highest BCUT2D eigenvalue weighted by Crippen LogP contribution is 2.46. The standard InChI is InChI=1S/C18H15ClN2O3/c1-10-5-6-14-13(7-10)18(16(22)20-17(23)21-18)9-15(24-14)11-3-2-4-12(19)8-11/h2-8,15H,9H2,1H3,(H2,20,21,22,23). The summed E-state index contributed by atoms with van der Waals surface area (Å²) in [6.07, 6.45) is -0.0791. The van der Waals surface area contributed by atoms with Crippen LogP contribution in [0.4, 0.5) is 4.79 Å². The topological polar surface area (TPSA) is 67.4 Å². The van der Waals surface area contributed by atoms with Gasteiger partial charge in [-0.15, -0.1) is 0 Å². The van der Waals surface area contributed by atoms with Gasteiger partial charge in [0.2, 0.25) is 0 Å². The zero-order valence-corrected chi connectivity index (χ0v) is 13.7. The first-order valence-electron chi connectivity index (χ1n) is 7.65. The first-order valence-corrected chi connectivity index (χ1v) is 8.02. The Morgan fingerprint density at radius 2 is 2.04 bits per heavy atom. The summed E-state index contributed by atoms with van der Waals surface area (Å²) in [6.45, 7) is 1.94. The molecule has 0 saturated carbocycles. The van der Waals surface area contributed by atoms with E-state index in [0.29, 0.717) is 22.8 Å². The maximum absolute atomic E-state index is 12.6.